The highest BCUT2D eigenvalue weighted by atomic mass is 15.2. The molecule has 2 unspecified atom stereocenters. The summed E-state index contributed by atoms with van der Waals surface area (Å²) in [5, 5.41) is 9.68. The summed E-state index contributed by atoms with van der Waals surface area (Å²) >= 11 is 0. The van der Waals surface area contributed by atoms with Crippen molar-refractivity contribution in [1.29, 1.82) is 0 Å². The first kappa shape index (κ1) is 62.3. The Morgan fingerprint density at radius 1 is 0.226 bits per heavy atom. The van der Waals surface area contributed by atoms with Crippen LogP contribution in [0, 0.1) is 0 Å². The van der Waals surface area contributed by atoms with Gasteiger partial charge in [0, 0.05) is 69.0 Å². The molecule has 0 aliphatic heterocycles. The molecule has 3 aliphatic carbocycles. The Morgan fingerprint density at radius 2 is 0.509 bits per heavy atom. The van der Waals surface area contributed by atoms with Crippen LogP contribution < -0.4 is 19.6 Å². The van der Waals surface area contributed by atoms with Crippen LogP contribution in [-0.4, -0.2) is 5.54 Å². The Morgan fingerprint density at radius 3 is 0.915 bits per heavy atom. The van der Waals surface area contributed by atoms with Gasteiger partial charge in [0.1, 0.15) is 0 Å². The Kier molecular flexibility index (Phi) is 15.0. The van der Waals surface area contributed by atoms with Gasteiger partial charge in [-0.3, -0.25) is 0 Å². The summed E-state index contributed by atoms with van der Waals surface area (Å²) in [6, 6.07) is 146. The molecule has 17 aromatic rings. The third-order valence-electron chi connectivity index (χ3n) is 22.5. The van der Waals surface area contributed by atoms with E-state index < -0.39 is 11.0 Å². The van der Waals surface area contributed by atoms with Crippen LogP contribution in [0.25, 0.3) is 82.0 Å². The highest BCUT2D eigenvalue weighted by Gasteiger charge is 2.55. The van der Waals surface area contributed by atoms with Gasteiger partial charge in [0.2, 0.25) is 0 Å². The van der Waals surface area contributed by atoms with Gasteiger partial charge in [-0.25, -0.2) is 0 Å². The maximum Gasteiger partial charge on any atom is 0.0722 e. The maximum absolute atomic E-state index is 2.56. The largest absolute Gasteiger partial charge is 0.332 e. The number of para-hydroxylation sites is 4. The summed E-state index contributed by atoms with van der Waals surface area (Å²) in [6.45, 7) is 2.43. The minimum absolute atomic E-state index is 0.481. The van der Waals surface area contributed by atoms with Crippen LogP contribution in [0.2, 0.25) is 0 Å². The van der Waals surface area contributed by atoms with Crippen molar-refractivity contribution in [3.63, 3.8) is 0 Å². The van der Waals surface area contributed by atoms with Crippen LogP contribution in [0.4, 0.5) is 62.6 Å². The third-order valence-corrected chi connectivity index (χ3v) is 22.5. The fraction of sp³-hybridized carbons (Fsp3) is 0.0392. The molecule has 0 bridgehead atoms. The van der Waals surface area contributed by atoms with Crippen molar-refractivity contribution in [2.75, 3.05) is 19.6 Å². The Bertz CT molecular complexity index is 6090. The molecule has 0 N–H and O–H groups in total. The van der Waals surface area contributed by atoms with Gasteiger partial charge in [-0.15, -0.1) is 0 Å². The lowest BCUT2D eigenvalue weighted by atomic mass is 9.68. The third kappa shape index (κ3) is 10.5. The zero-order valence-electron chi connectivity index (χ0n) is 58.7. The van der Waals surface area contributed by atoms with E-state index in [-0.39, 0.29) is 0 Å². The van der Waals surface area contributed by atoms with Gasteiger partial charge in [-0.2, -0.15) is 0 Å². The molecule has 500 valence electrons. The number of hydrogen-bond donors (Lipinski definition) is 0. The van der Waals surface area contributed by atoms with Gasteiger partial charge >= 0.3 is 0 Å². The number of nitrogens with zero attached hydrogens (tertiary/aromatic N) is 4. The highest BCUT2D eigenvalue weighted by molar-refractivity contribution is 6.01. The van der Waals surface area contributed by atoms with Gasteiger partial charge in [0.05, 0.1) is 11.0 Å². The average molecular weight is 1350 g/mol. The first-order valence-electron chi connectivity index (χ1n) is 36.8. The van der Waals surface area contributed by atoms with Crippen molar-refractivity contribution in [2.24, 2.45) is 0 Å². The van der Waals surface area contributed by atoms with E-state index in [0.717, 1.165) is 85.7 Å². The fourth-order valence-corrected chi connectivity index (χ4v) is 17.5. The van der Waals surface area contributed by atoms with Gasteiger partial charge < -0.3 is 19.6 Å². The topological polar surface area (TPSA) is 13.0 Å². The first-order valence-corrected chi connectivity index (χ1v) is 36.8. The summed E-state index contributed by atoms with van der Waals surface area (Å²) in [5.41, 5.74) is 25.9. The molecule has 3 aliphatic rings. The summed E-state index contributed by atoms with van der Waals surface area (Å²) < 4.78 is 0. The lowest BCUT2D eigenvalue weighted by Crippen LogP contribution is -2.43. The molecule has 0 radical (unpaired) electrons. The number of anilines is 11. The van der Waals surface area contributed by atoms with E-state index in [2.05, 4.69) is 433 Å². The van der Waals surface area contributed by atoms with Gasteiger partial charge in [0.15, 0.2) is 0 Å². The van der Waals surface area contributed by atoms with Crippen molar-refractivity contribution in [2.45, 2.75) is 24.3 Å². The molecule has 17 aromatic carbocycles. The van der Waals surface area contributed by atoms with Crippen LogP contribution in [0.15, 0.2) is 412 Å². The molecule has 0 saturated carbocycles. The van der Waals surface area contributed by atoms with E-state index in [1.807, 2.05) is 0 Å². The molecule has 0 heterocycles. The minimum atomic E-state index is -0.675. The van der Waals surface area contributed by atoms with Crippen LogP contribution in [0.1, 0.15) is 35.6 Å². The summed E-state index contributed by atoms with van der Waals surface area (Å²) in [5.74, 6) is 0. The Hall–Kier alpha value is -13.5. The second kappa shape index (κ2) is 25.5. The van der Waals surface area contributed by atoms with Crippen molar-refractivity contribution in [3.8, 4) is 33.4 Å². The van der Waals surface area contributed by atoms with Crippen LogP contribution in [0.5, 0.6) is 0 Å². The molecule has 1 spiro atoms. The number of benzene rings is 17. The summed E-state index contributed by atoms with van der Waals surface area (Å²) in [6.07, 6.45) is 5.80. The van der Waals surface area contributed by atoms with Gasteiger partial charge in [-0.05, 0) is 262 Å². The Balaban J connectivity index is 0.762. The molecule has 0 saturated heterocycles. The second-order valence-electron chi connectivity index (χ2n) is 28.7. The molecule has 20 rings (SSSR count). The molecular formula is C102H72N4. The molecule has 0 aromatic heterocycles. The molecule has 4 heteroatoms. The predicted octanol–water partition coefficient (Wildman–Crippen LogP) is 27.7. The minimum Gasteiger partial charge on any atom is -0.332 e. The Labute approximate surface area is 618 Å². The number of fused-ring (bicyclic) bond motifs is 13. The fourth-order valence-electron chi connectivity index (χ4n) is 17.5. The SMILES string of the molecule is CC1(N(c2ccccc2)c2ccccc2)C=CC2=C(C1)c1cc(-c3ccc(N(c4ccc5ccccc5c4)c4ccc5ccccc5c4)cc3)ccc1C21c2ccc(-c3ccc(N(c4ccc5ccccc5c4)c4ccc5ccccc5c4)cc3)cc2-c2cc(N(c3ccccc3)c3ccccc3)ccc21. The van der Waals surface area contributed by atoms with Crippen molar-refractivity contribution >= 4 is 111 Å². The quantitative estimate of drug-likeness (QED) is 0.108. The lowest BCUT2D eigenvalue weighted by Gasteiger charge is -2.44. The monoisotopic (exact) mass is 1350 g/mol. The molecule has 0 amide bonds. The average Bonchev–Trinajstić information content (AvgIpc) is 1.50. The molecular weight excluding hydrogens is 1280 g/mol. The first-order chi connectivity index (χ1) is 52.4. The van der Waals surface area contributed by atoms with E-state index in [1.165, 1.54) is 93.2 Å². The van der Waals surface area contributed by atoms with Crippen molar-refractivity contribution < 1.29 is 0 Å². The molecule has 0 fully saturated rings. The lowest BCUT2D eigenvalue weighted by molar-refractivity contribution is 0.574. The normalized spacial score (nSPS) is 15.4. The molecule has 4 nitrogen and oxygen atoms in total. The van der Waals surface area contributed by atoms with E-state index in [0.29, 0.717) is 0 Å². The van der Waals surface area contributed by atoms with Crippen LogP contribution >= 0.6 is 0 Å². The van der Waals surface area contributed by atoms with Crippen molar-refractivity contribution in [1.82, 2.24) is 0 Å². The van der Waals surface area contributed by atoms with E-state index in [9.17, 15) is 0 Å². The zero-order valence-corrected chi connectivity index (χ0v) is 58.7. The summed E-state index contributed by atoms with van der Waals surface area (Å²) in [4.78, 5) is 9.77. The zero-order chi connectivity index (χ0) is 70.3. The van der Waals surface area contributed by atoms with Gasteiger partial charge in [0.25, 0.3) is 0 Å². The standard InChI is InChI=1S/C102H72N4/c1-101(106(86-34-10-4-11-35-86)87-36-12-5-13-37-87)61-60-100-96(69-101)94-67-81(75-40-50-85(51-41-75)105(90-54-44-72-24-16-20-28-78(72)64-90)91-55-45-73-25-17-21-29-79(73)65-91)47-58-98(94)102(100)97-57-46-80(66-93(97)95-68-92(56-59-99(95)102)103(82-30-6-2-7-31-82)83-32-8-3-9-33-83)74-38-48-84(49-39-74)104(88-52-42-70-22-14-18-26-76(70)62-88)89-53-43-71-23-15-19-27-77(71)63-89/h2-68H,69H2,1H3. The number of rotatable bonds is 14. The predicted molar refractivity (Wildman–Crippen MR) is 447 cm³/mol. The van der Waals surface area contributed by atoms with E-state index >= 15 is 0 Å². The van der Waals surface area contributed by atoms with E-state index in [4.69, 9.17) is 0 Å². The smallest absolute Gasteiger partial charge is 0.0722 e. The maximum atomic E-state index is 2.56. The van der Waals surface area contributed by atoms with Crippen LogP contribution in [0.3, 0.4) is 0 Å². The van der Waals surface area contributed by atoms with Gasteiger partial charge in [-0.1, -0.05) is 261 Å². The molecule has 106 heavy (non-hydrogen) atoms. The highest BCUT2D eigenvalue weighted by Crippen LogP contribution is 2.66. The van der Waals surface area contributed by atoms with Crippen molar-refractivity contribution in [3.05, 3.63) is 434 Å². The molecule has 2 atom stereocenters. The number of hydrogen-bond acceptors (Lipinski definition) is 4. The summed E-state index contributed by atoms with van der Waals surface area (Å²) in [7, 11) is 0. The number of allylic oxidation sites excluding steroid dienone is 2. The second-order valence-corrected chi connectivity index (χ2v) is 28.7. The van der Waals surface area contributed by atoms with Crippen LogP contribution in [-0.2, 0) is 5.41 Å². The van der Waals surface area contributed by atoms with E-state index in [1.54, 1.807) is 0 Å².